The molecule has 0 aliphatic carbocycles. The summed E-state index contributed by atoms with van der Waals surface area (Å²) in [5.41, 5.74) is 0.915. The quantitative estimate of drug-likeness (QED) is 0.606. The summed E-state index contributed by atoms with van der Waals surface area (Å²) in [6, 6.07) is 14.3. The highest BCUT2D eigenvalue weighted by Crippen LogP contribution is 2.26. The van der Waals surface area contributed by atoms with Gasteiger partial charge in [0.25, 0.3) is 0 Å². The molecule has 28 heavy (non-hydrogen) atoms. The average molecular weight is 385 g/mol. The van der Waals surface area contributed by atoms with Crippen LogP contribution in [0.4, 0.5) is 8.78 Å². The number of hydrogen-bond acceptors (Lipinski definition) is 4. The van der Waals surface area contributed by atoms with E-state index in [2.05, 4.69) is 4.98 Å². The van der Waals surface area contributed by atoms with E-state index in [1.807, 2.05) is 0 Å². The molecule has 0 aliphatic heterocycles. The van der Waals surface area contributed by atoms with Crippen LogP contribution in [0.25, 0.3) is 0 Å². The highest BCUT2D eigenvalue weighted by molar-refractivity contribution is 5.67. The molecule has 2 aromatic carbocycles. The van der Waals surface area contributed by atoms with Crippen LogP contribution in [0.15, 0.2) is 60.8 Å². The second-order valence-electron chi connectivity index (χ2n) is 5.99. The van der Waals surface area contributed by atoms with Crippen LogP contribution >= 0.6 is 0 Å². The zero-order valence-electron chi connectivity index (χ0n) is 14.8. The molecule has 3 rings (SSSR count). The second kappa shape index (κ2) is 8.94. The fourth-order valence-electron chi connectivity index (χ4n) is 2.53. The van der Waals surface area contributed by atoms with Crippen LogP contribution < -0.4 is 9.47 Å². The Morgan fingerprint density at radius 3 is 2.46 bits per heavy atom. The first-order valence-corrected chi connectivity index (χ1v) is 8.51. The number of carboxylic acid groups (broad SMARTS) is 1. The van der Waals surface area contributed by atoms with E-state index >= 15 is 0 Å². The number of ether oxygens (including phenoxy) is 2. The first kappa shape index (κ1) is 19.3. The van der Waals surface area contributed by atoms with Crippen molar-refractivity contribution in [3.8, 4) is 17.4 Å². The van der Waals surface area contributed by atoms with Crippen molar-refractivity contribution in [2.45, 2.75) is 19.4 Å². The van der Waals surface area contributed by atoms with Gasteiger partial charge in [-0.1, -0.05) is 18.2 Å². The van der Waals surface area contributed by atoms with E-state index in [4.69, 9.17) is 14.6 Å². The fraction of sp³-hybridized carbons (Fsp3) is 0.143. The van der Waals surface area contributed by atoms with E-state index in [0.717, 1.165) is 12.1 Å². The Balaban J connectivity index is 1.67. The molecule has 0 bridgehead atoms. The third-order valence-electron chi connectivity index (χ3n) is 3.83. The molecule has 7 heteroatoms. The Bertz CT molecular complexity index is 941. The average Bonchev–Trinajstić information content (AvgIpc) is 2.67. The normalized spacial score (nSPS) is 10.5. The van der Waals surface area contributed by atoms with Crippen molar-refractivity contribution in [2.75, 3.05) is 0 Å². The van der Waals surface area contributed by atoms with Crippen LogP contribution in [0.3, 0.4) is 0 Å². The predicted molar refractivity (Wildman–Crippen MR) is 97.4 cm³/mol. The Morgan fingerprint density at radius 2 is 1.79 bits per heavy atom. The van der Waals surface area contributed by atoms with Gasteiger partial charge < -0.3 is 14.6 Å². The Labute approximate surface area is 160 Å². The lowest BCUT2D eigenvalue weighted by Crippen LogP contribution is -2.03. The summed E-state index contributed by atoms with van der Waals surface area (Å²) in [7, 11) is 0. The van der Waals surface area contributed by atoms with Gasteiger partial charge in [0.15, 0.2) is 17.4 Å². The summed E-state index contributed by atoms with van der Waals surface area (Å²) in [6.45, 7) is -0.0677. The maximum Gasteiger partial charge on any atom is 0.303 e. The predicted octanol–water partition coefficient (Wildman–Crippen LogP) is 4.75. The molecule has 1 heterocycles. The lowest BCUT2D eigenvalue weighted by atomic mass is 10.1. The number of pyridine rings is 1. The third kappa shape index (κ3) is 5.26. The molecule has 0 atom stereocenters. The van der Waals surface area contributed by atoms with Gasteiger partial charge in [0, 0.05) is 18.7 Å². The Kier molecular flexibility index (Phi) is 6.16. The molecule has 0 spiro atoms. The molecular formula is C21H17F2NO4. The summed E-state index contributed by atoms with van der Waals surface area (Å²) in [4.78, 5) is 14.7. The van der Waals surface area contributed by atoms with Gasteiger partial charge >= 0.3 is 5.97 Å². The molecule has 5 nitrogen and oxygen atoms in total. The van der Waals surface area contributed by atoms with Crippen molar-refractivity contribution in [1.29, 1.82) is 0 Å². The maximum atomic E-state index is 14.2. The maximum absolute atomic E-state index is 14.2. The summed E-state index contributed by atoms with van der Waals surface area (Å²) < 4.78 is 39.2. The van der Waals surface area contributed by atoms with E-state index in [-0.39, 0.29) is 25.0 Å². The molecule has 0 radical (unpaired) electrons. The smallest absolute Gasteiger partial charge is 0.303 e. The Hall–Kier alpha value is -3.48. The van der Waals surface area contributed by atoms with Crippen molar-refractivity contribution in [1.82, 2.24) is 4.98 Å². The molecule has 1 aromatic heterocycles. The van der Waals surface area contributed by atoms with E-state index in [9.17, 15) is 13.6 Å². The van der Waals surface area contributed by atoms with Gasteiger partial charge in [0.1, 0.15) is 12.4 Å². The number of aromatic nitrogens is 1. The molecule has 0 unspecified atom stereocenters. The number of aliphatic carboxylic acids is 1. The lowest BCUT2D eigenvalue weighted by Gasteiger charge is -2.11. The molecule has 0 fully saturated rings. The summed E-state index contributed by atoms with van der Waals surface area (Å²) in [5, 5.41) is 8.67. The summed E-state index contributed by atoms with van der Waals surface area (Å²) in [5.74, 6) is -2.34. The van der Waals surface area contributed by atoms with Crippen molar-refractivity contribution in [3.63, 3.8) is 0 Å². The zero-order chi connectivity index (χ0) is 19.9. The SMILES string of the molecule is O=C(O)CCc1cc(F)c(OCc2cccc(Oc3ccccn3)c2)c(F)c1. The van der Waals surface area contributed by atoms with E-state index < -0.39 is 23.4 Å². The number of halogens is 2. The minimum Gasteiger partial charge on any atom is -0.483 e. The molecule has 0 saturated carbocycles. The highest BCUT2D eigenvalue weighted by Gasteiger charge is 2.14. The van der Waals surface area contributed by atoms with Gasteiger partial charge in [0.05, 0.1) is 0 Å². The van der Waals surface area contributed by atoms with Crippen LogP contribution in [0.5, 0.6) is 17.4 Å². The minimum atomic E-state index is -1.03. The van der Waals surface area contributed by atoms with Crippen LogP contribution in [0.2, 0.25) is 0 Å². The number of benzene rings is 2. The van der Waals surface area contributed by atoms with Crippen molar-refractivity contribution in [3.05, 3.63) is 83.6 Å². The number of nitrogens with zero attached hydrogens (tertiary/aromatic N) is 1. The first-order chi connectivity index (χ1) is 13.5. The monoisotopic (exact) mass is 385 g/mol. The van der Waals surface area contributed by atoms with Crippen molar-refractivity contribution < 1.29 is 28.2 Å². The van der Waals surface area contributed by atoms with E-state index in [1.165, 1.54) is 0 Å². The van der Waals surface area contributed by atoms with Crippen molar-refractivity contribution >= 4 is 5.97 Å². The molecule has 0 aliphatic rings. The summed E-state index contributed by atoms with van der Waals surface area (Å²) >= 11 is 0. The van der Waals surface area contributed by atoms with Crippen molar-refractivity contribution in [2.24, 2.45) is 0 Å². The number of hydrogen-bond donors (Lipinski definition) is 1. The van der Waals surface area contributed by atoms with Gasteiger partial charge in [0.2, 0.25) is 5.88 Å². The molecular weight excluding hydrogens is 368 g/mol. The van der Waals surface area contributed by atoms with E-state index in [1.54, 1.807) is 48.7 Å². The molecule has 0 amide bonds. The molecule has 1 N–H and O–H groups in total. The van der Waals surface area contributed by atoms with Crippen LogP contribution in [-0.2, 0) is 17.8 Å². The molecule has 3 aromatic rings. The number of rotatable bonds is 8. The van der Waals surface area contributed by atoms with Crippen LogP contribution in [0, 0.1) is 11.6 Å². The molecule has 0 saturated heterocycles. The van der Waals surface area contributed by atoms with E-state index in [0.29, 0.717) is 17.2 Å². The second-order valence-corrected chi connectivity index (χ2v) is 5.99. The standard InChI is InChI=1S/C21H17F2NO4/c22-17-11-14(7-8-20(25)26)12-18(23)21(17)27-13-15-4-3-5-16(10-15)28-19-6-1-2-9-24-19/h1-6,9-12H,7-8,13H2,(H,25,26). The van der Waals surface area contributed by atoms with Gasteiger partial charge in [-0.2, -0.15) is 0 Å². The number of aryl methyl sites for hydroxylation is 1. The van der Waals surface area contributed by atoms with Gasteiger partial charge in [-0.3, -0.25) is 4.79 Å². The third-order valence-corrected chi connectivity index (χ3v) is 3.83. The van der Waals surface area contributed by atoms with Crippen LogP contribution in [0.1, 0.15) is 17.5 Å². The highest BCUT2D eigenvalue weighted by atomic mass is 19.1. The summed E-state index contributed by atoms with van der Waals surface area (Å²) in [6.07, 6.45) is 1.44. The number of carboxylic acids is 1. The Morgan fingerprint density at radius 1 is 1.00 bits per heavy atom. The largest absolute Gasteiger partial charge is 0.483 e. The lowest BCUT2D eigenvalue weighted by molar-refractivity contribution is -0.136. The van der Waals surface area contributed by atoms with Gasteiger partial charge in [-0.05, 0) is 47.9 Å². The first-order valence-electron chi connectivity index (χ1n) is 8.51. The minimum absolute atomic E-state index is 0.0381. The zero-order valence-corrected chi connectivity index (χ0v) is 14.8. The molecule has 144 valence electrons. The fourth-order valence-corrected chi connectivity index (χ4v) is 2.53. The topological polar surface area (TPSA) is 68.7 Å². The van der Waals surface area contributed by atoms with Gasteiger partial charge in [-0.25, -0.2) is 13.8 Å². The van der Waals surface area contributed by atoms with Crippen LogP contribution in [-0.4, -0.2) is 16.1 Å². The van der Waals surface area contributed by atoms with Gasteiger partial charge in [-0.15, -0.1) is 0 Å². The number of carbonyl (C=O) groups is 1.